The molecule has 0 radical (unpaired) electrons. The van der Waals surface area contributed by atoms with Crippen molar-refractivity contribution in [2.45, 2.75) is 26.6 Å². The fourth-order valence-corrected chi connectivity index (χ4v) is 2.06. The Kier molecular flexibility index (Phi) is 6.98. The molecule has 0 saturated carbocycles. The molecule has 0 fully saturated rings. The van der Waals surface area contributed by atoms with E-state index in [9.17, 15) is 13.2 Å². The van der Waals surface area contributed by atoms with Crippen LogP contribution in [0.5, 0.6) is 5.75 Å². The van der Waals surface area contributed by atoms with Crippen molar-refractivity contribution in [2.75, 3.05) is 33.3 Å². The van der Waals surface area contributed by atoms with Crippen molar-refractivity contribution in [1.82, 2.24) is 10.2 Å². The average Bonchev–Trinajstić information content (AvgIpc) is 2.44. The third-order valence-electron chi connectivity index (χ3n) is 3.29. The number of likely N-dealkylation sites (N-methyl/N-ethyl adjacent to an activating group) is 1. The van der Waals surface area contributed by atoms with Gasteiger partial charge in [-0.1, -0.05) is 19.9 Å². The monoisotopic (exact) mass is 304 g/mol. The third kappa shape index (κ3) is 5.55. The second kappa shape index (κ2) is 8.24. The molecule has 120 valence electrons. The van der Waals surface area contributed by atoms with Crippen molar-refractivity contribution >= 4 is 0 Å². The van der Waals surface area contributed by atoms with E-state index in [1.807, 2.05) is 13.8 Å². The first-order chi connectivity index (χ1) is 9.92. The number of benzene rings is 1. The lowest BCUT2D eigenvalue weighted by atomic mass is 10.1. The smallest absolute Gasteiger partial charge is 0.419 e. The molecule has 0 spiro atoms. The molecular weight excluding hydrogens is 281 g/mol. The van der Waals surface area contributed by atoms with Crippen molar-refractivity contribution in [3.05, 3.63) is 29.3 Å². The molecule has 0 aromatic heterocycles. The molecule has 0 unspecified atom stereocenters. The van der Waals surface area contributed by atoms with Gasteiger partial charge < -0.3 is 15.0 Å². The van der Waals surface area contributed by atoms with Crippen molar-refractivity contribution in [3.8, 4) is 5.75 Å². The molecule has 0 heterocycles. The lowest BCUT2D eigenvalue weighted by Gasteiger charge is -2.20. The molecule has 0 bridgehead atoms. The highest BCUT2D eigenvalue weighted by atomic mass is 19.4. The highest BCUT2D eigenvalue weighted by molar-refractivity contribution is 5.39. The first-order valence-electron chi connectivity index (χ1n) is 7.12. The lowest BCUT2D eigenvalue weighted by Crippen LogP contribution is -2.28. The summed E-state index contributed by atoms with van der Waals surface area (Å²) in [6.07, 6.45) is -4.41. The van der Waals surface area contributed by atoms with Gasteiger partial charge in [-0.15, -0.1) is 0 Å². The van der Waals surface area contributed by atoms with Crippen molar-refractivity contribution in [2.24, 2.45) is 0 Å². The summed E-state index contributed by atoms with van der Waals surface area (Å²) in [5.74, 6) is -0.102. The van der Waals surface area contributed by atoms with Crippen LogP contribution in [0.1, 0.15) is 25.0 Å². The molecule has 1 aromatic rings. The van der Waals surface area contributed by atoms with Gasteiger partial charge in [-0.2, -0.15) is 13.2 Å². The summed E-state index contributed by atoms with van der Waals surface area (Å²) in [5, 5.41) is 2.84. The zero-order valence-corrected chi connectivity index (χ0v) is 12.8. The van der Waals surface area contributed by atoms with Crippen LogP contribution in [0.4, 0.5) is 13.2 Å². The minimum absolute atomic E-state index is 0.102. The SMILES string of the molecule is CCN(CC)CCOc1ccc(CNC)cc1C(F)(F)F. The summed E-state index contributed by atoms with van der Waals surface area (Å²) in [6, 6.07) is 4.19. The second-order valence-corrected chi connectivity index (χ2v) is 4.73. The van der Waals surface area contributed by atoms with Gasteiger partial charge in [0.15, 0.2) is 0 Å². The second-order valence-electron chi connectivity index (χ2n) is 4.73. The van der Waals surface area contributed by atoms with Gasteiger partial charge in [0.1, 0.15) is 12.4 Å². The number of hydrogen-bond acceptors (Lipinski definition) is 3. The molecule has 1 aromatic carbocycles. The molecule has 6 heteroatoms. The molecule has 0 aliphatic carbocycles. The molecule has 0 atom stereocenters. The predicted molar refractivity (Wildman–Crippen MR) is 77.5 cm³/mol. The first-order valence-corrected chi connectivity index (χ1v) is 7.12. The fourth-order valence-electron chi connectivity index (χ4n) is 2.06. The standard InChI is InChI=1S/C15H23F3N2O/c1-4-20(5-2)8-9-21-14-7-6-12(11-19-3)10-13(14)15(16,17)18/h6-7,10,19H,4-5,8-9,11H2,1-3H3. The first kappa shape index (κ1) is 17.8. The number of halogens is 3. The Hall–Kier alpha value is -1.27. The van der Waals surface area contributed by atoms with E-state index >= 15 is 0 Å². The fraction of sp³-hybridized carbons (Fsp3) is 0.600. The minimum Gasteiger partial charge on any atom is -0.492 e. The summed E-state index contributed by atoms with van der Waals surface area (Å²) in [4.78, 5) is 2.10. The van der Waals surface area contributed by atoms with Gasteiger partial charge in [0.2, 0.25) is 0 Å². The van der Waals surface area contributed by atoms with Crippen molar-refractivity contribution < 1.29 is 17.9 Å². The molecule has 0 saturated heterocycles. The average molecular weight is 304 g/mol. The van der Waals surface area contributed by atoms with E-state index < -0.39 is 11.7 Å². The highest BCUT2D eigenvalue weighted by Crippen LogP contribution is 2.36. The topological polar surface area (TPSA) is 24.5 Å². The number of ether oxygens (including phenoxy) is 1. The molecule has 1 N–H and O–H groups in total. The van der Waals surface area contributed by atoms with Gasteiger partial charge in [-0.3, -0.25) is 0 Å². The Morgan fingerprint density at radius 1 is 1.19 bits per heavy atom. The maximum absolute atomic E-state index is 13.1. The van der Waals surface area contributed by atoms with E-state index in [1.165, 1.54) is 6.07 Å². The van der Waals surface area contributed by atoms with Gasteiger partial charge in [-0.25, -0.2) is 0 Å². The number of rotatable bonds is 8. The molecular formula is C15H23F3N2O. The van der Waals surface area contributed by atoms with E-state index in [0.29, 0.717) is 18.7 Å². The number of nitrogens with zero attached hydrogens (tertiary/aromatic N) is 1. The number of alkyl halides is 3. The van der Waals surface area contributed by atoms with E-state index in [2.05, 4.69) is 10.2 Å². The van der Waals surface area contributed by atoms with E-state index in [4.69, 9.17) is 4.74 Å². The highest BCUT2D eigenvalue weighted by Gasteiger charge is 2.34. The summed E-state index contributed by atoms with van der Waals surface area (Å²) in [7, 11) is 1.70. The quantitative estimate of drug-likeness (QED) is 0.798. The van der Waals surface area contributed by atoms with Crippen LogP contribution < -0.4 is 10.1 Å². The largest absolute Gasteiger partial charge is 0.492 e. The molecule has 0 aliphatic rings. The predicted octanol–water partition coefficient (Wildman–Crippen LogP) is 3.15. The van der Waals surface area contributed by atoms with Crippen LogP contribution in [0.2, 0.25) is 0 Å². The molecule has 3 nitrogen and oxygen atoms in total. The number of hydrogen-bond donors (Lipinski definition) is 1. The van der Waals surface area contributed by atoms with Crippen LogP contribution in [0, 0.1) is 0 Å². The van der Waals surface area contributed by atoms with E-state index in [1.54, 1.807) is 13.1 Å². The van der Waals surface area contributed by atoms with E-state index in [-0.39, 0.29) is 12.4 Å². The Morgan fingerprint density at radius 3 is 2.38 bits per heavy atom. The maximum atomic E-state index is 13.1. The normalized spacial score (nSPS) is 12.0. The van der Waals surface area contributed by atoms with Gasteiger partial charge in [-0.05, 0) is 37.8 Å². The Morgan fingerprint density at radius 2 is 1.86 bits per heavy atom. The molecule has 0 amide bonds. The summed E-state index contributed by atoms with van der Waals surface area (Å²) in [6.45, 7) is 6.98. The third-order valence-corrected chi connectivity index (χ3v) is 3.29. The summed E-state index contributed by atoms with van der Waals surface area (Å²) < 4.78 is 44.6. The van der Waals surface area contributed by atoms with Gasteiger partial charge in [0.25, 0.3) is 0 Å². The zero-order valence-electron chi connectivity index (χ0n) is 12.8. The number of nitrogens with one attached hydrogen (secondary N) is 1. The lowest BCUT2D eigenvalue weighted by molar-refractivity contribution is -0.139. The van der Waals surface area contributed by atoms with E-state index in [0.717, 1.165) is 19.2 Å². The maximum Gasteiger partial charge on any atom is 0.419 e. The molecule has 1 rings (SSSR count). The zero-order chi connectivity index (χ0) is 15.9. The van der Waals surface area contributed by atoms with Gasteiger partial charge in [0, 0.05) is 13.1 Å². The van der Waals surface area contributed by atoms with Gasteiger partial charge in [0.05, 0.1) is 5.56 Å². The van der Waals surface area contributed by atoms with Crippen LogP contribution in [0.25, 0.3) is 0 Å². The van der Waals surface area contributed by atoms with Crippen molar-refractivity contribution in [1.29, 1.82) is 0 Å². The van der Waals surface area contributed by atoms with Crippen LogP contribution in [0.3, 0.4) is 0 Å². The Labute approximate surface area is 124 Å². The van der Waals surface area contributed by atoms with Crippen LogP contribution in [-0.2, 0) is 12.7 Å². The van der Waals surface area contributed by atoms with Crippen LogP contribution in [0.15, 0.2) is 18.2 Å². The summed E-state index contributed by atoms with van der Waals surface area (Å²) >= 11 is 0. The minimum atomic E-state index is -4.41. The van der Waals surface area contributed by atoms with Crippen LogP contribution in [-0.4, -0.2) is 38.2 Å². The van der Waals surface area contributed by atoms with Crippen LogP contribution >= 0.6 is 0 Å². The molecule has 0 aliphatic heterocycles. The van der Waals surface area contributed by atoms with Gasteiger partial charge >= 0.3 is 6.18 Å². The summed E-state index contributed by atoms with van der Waals surface area (Å²) in [5.41, 5.74) is -0.129. The Bertz CT molecular complexity index is 431. The Balaban J connectivity index is 2.81. The van der Waals surface area contributed by atoms with Crippen molar-refractivity contribution in [3.63, 3.8) is 0 Å². The molecule has 21 heavy (non-hydrogen) atoms.